The van der Waals surface area contributed by atoms with Gasteiger partial charge in [-0.1, -0.05) is 86.6 Å². The van der Waals surface area contributed by atoms with Gasteiger partial charge in [0, 0.05) is 137 Å². The highest BCUT2D eigenvalue weighted by Gasteiger charge is 2.25. The fourth-order valence-corrected chi connectivity index (χ4v) is 8.35. The van der Waals surface area contributed by atoms with Crippen molar-refractivity contribution in [1.29, 1.82) is 0 Å². The molecule has 0 bridgehead atoms. The van der Waals surface area contributed by atoms with E-state index in [1.165, 1.54) is 0 Å². The summed E-state index contributed by atoms with van der Waals surface area (Å²) in [6.07, 6.45) is 16.6. The highest BCUT2D eigenvalue weighted by atomic mass is 16.2. The van der Waals surface area contributed by atoms with Crippen LogP contribution in [0.1, 0.15) is 183 Å². The van der Waals surface area contributed by atoms with Crippen molar-refractivity contribution in [3.05, 3.63) is 12.2 Å². The third-order valence-electron chi connectivity index (χ3n) is 13.2. The SMILES string of the molecule is CCCCCC(=O)NCCCNC(=O)CCN(CCC(=O)NCCCNC(=O)CCCCC(C)(C)C)c1nc(NCCC(=O)NCCCN)nc(N2CCN(C(=O)CCCC(=O)NCCCCCCNC(=O)/C=C/C(C)(C)C)CC2)n1. The first kappa shape index (κ1) is 71.0. The molecule has 1 aliphatic heterocycles. The number of carbonyl (C=O) groups excluding carboxylic acids is 8. The van der Waals surface area contributed by atoms with E-state index in [-0.39, 0.29) is 122 Å². The van der Waals surface area contributed by atoms with E-state index < -0.39 is 0 Å². The number of hydrogen-bond acceptors (Lipinski definition) is 15. The summed E-state index contributed by atoms with van der Waals surface area (Å²) in [5, 5.41) is 23.6. The number of rotatable bonds is 43. The van der Waals surface area contributed by atoms with Gasteiger partial charge in [-0.25, -0.2) is 0 Å². The van der Waals surface area contributed by atoms with Gasteiger partial charge in [0.05, 0.1) is 0 Å². The second-order valence-electron chi connectivity index (χ2n) is 23.2. The minimum absolute atomic E-state index is 0.0000901. The van der Waals surface area contributed by atoms with E-state index in [1.54, 1.807) is 15.9 Å². The zero-order chi connectivity index (χ0) is 59.7. The van der Waals surface area contributed by atoms with Crippen molar-refractivity contribution in [3.8, 4) is 0 Å². The second-order valence-corrected chi connectivity index (χ2v) is 23.2. The number of nitrogens with zero attached hydrogens (tertiary/aromatic N) is 6. The number of carbonyl (C=O) groups is 8. The molecule has 460 valence electrons. The molecule has 0 aromatic carbocycles. The molecular formula is C58H105N15O8. The van der Waals surface area contributed by atoms with Gasteiger partial charge in [0.1, 0.15) is 0 Å². The van der Waals surface area contributed by atoms with Crippen molar-refractivity contribution in [3.63, 3.8) is 0 Å². The number of nitrogens with two attached hydrogens (primary N) is 1. The molecule has 1 saturated heterocycles. The molecule has 81 heavy (non-hydrogen) atoms. The molecule has 0 unspecified atom stereocenters. The van der Waals surface area contributed by atoms with Crippen molar-refractivity contribution in [1.82, 2.24) is 57.1 Å². The summed E-state index contributed by atoms with van der Waals surface area (Å²) < 4.78 is 0. The van der Waals surface area contributed by atoms with Crippen LogP contribution in [0.2, 0.25) is 0 Å². The van der Waals surface area contributed by atoms with Crippen LogP contribution in [0.3, 0.4) is 0 Å². The van der Waals surface area contributed by atoms with E-state index in [1.807, 2.05) is 31.7 Å². The van der Waals surface area contributed by atoms with Crippen LogP contribution in [0.4, 0.5) is 17.8 Å². The molecule has 0 spiro atoms. The lowest BCUT2D eigenvalue weighted by atomic mass is 9.89. The van der Waals surface area contributed by atoms with Crippen LogP contribution in [0, 0.1) is 10.8 Å². The number of piperazine rings is 1. The van der Waals surface area contributed by atoms with Gasteiger partial charge in [-0.15, -0.1) is 0 Å². The maximum Gasteiger partial charge on any atom is 0.243 e. The van der Waals surface area contributed by atoms with Gasteiger partial charge in [0.2, 0.25) is 65.1 Å². The number of allylic oxidation sites excluding steroid dienone is 1. The minimum atomic E-state index is -0.226. The largest absolute Gasteiger partial charge is 0.356 e. The Labute approximate surface area is 484 Å². The Kier molecular flexibility index (Phi) is 36.6. The molecule has 0 saturated carbocycles. The number of anilines is 3. The van der Waals surface area contributed by atoms with E-state index in [0.717, 1.165) is 64.2 Å². The van der Waals surface area contributed by atoms with Crippen molar-refractivity contribution < 1.29 is 38.4 Å². The normalized spacial score (nSPS) is 12.6. The van der Waals surface area contributed by atoms with Crippen LogP contribution >= 0.6 is 0 Å². The van der Waals surface area contributed by atoms with Crippen molar-refractivity contribution >= 4 is 65.1 Å². The van der Waals surface area contributed by atoms with Gasteiger partial charge in [-0.3, -0.25) is 38.4 Å². The van der Waals surface area contributed by atoms with Crippen molar-refractivity contribution in [2.24, 2.45) is 16.6 Å². The quantitative estimate of drug-likeness (QED) is 0.0324. The molecule has 1 aliphatic rings. The van der Waals surface area contributed by atoms with Gasteiger partial charge in [-0.2, -0.15) is 15.0 Å². The summed E-state index contributed by atoms with van der Waals surface area (Å²) in [7, 11) is 0. The van der Waals surface area contributed by atoms with E-state index in [2.05, 4.69) is 70.2 Å². The smallest absolute Gasteiger partial charge is 0.243 e. The third-order valence-corrected chi connectivity index (χ3v) is 13.2. The van der Waals surface area contributed by atoms with E-state index in [0.29, 0.717) is 123 Å². The fraction of sp³-hybridized carbons (Fsp3) is 0.776. The Morgan fingerprint density at radius 2 is 0.988 bits per heavy atom. The summed E-state index contributed by atoms with van der Waals surface area (Å²) in [5.41, 5.74) is 5.78. The third kappa shape index (κ3) is 37.5. The first-order valence-electron chi connectivity index (χ1n) is 30.2. The van der Waals surface area contributed by atoms with Crippen LogP contribution in [0.15, 0.2) is 12.2 Å². The Morgan fingerprint density at radius 3 is 1.51 bits per heavy atom. The molecule has 2 rings (SSSR count). The minimum Gasteiger partial charge on any atom is -0.356 e. The lowest BCUT2D eigenvalue weighted by Crippen LogP contribution is -2.49. The standard InChI is InChI=1S/C58H105N15O8/c1-8-9-12-21-46(74)63-35-19-37-65-51(79)27-40-72(41-28-52(80)66-38-20-36-64-47(75)22-13-14-29-57(2,3)4)55-68-54(67-39-26-50(78)62-34-18-31-59)69-56(70-55)73-44-42-71(43-45-73)53(81)24-17-23-48(76)60-32-15-10-11-16-33-61-49(77)25-30-58(5,6)7/h25,30H,8-24,26-29,31-45,59H2,1-7H3,(H,60,76)(H,61,77)(H,62,78)(H,63,74)(H,64,75)(H,65,79)(H,66,80)(H,67,68,69,70)/b30-25+. The number of hydrogen-bond donors (Lipinski definition) is 9. The van der Waals surface area contributed by atoms with Crippen LogP contribution < -0.4 is 58.1 Å². The molecule has 1 aromatic rings. The average Bonchev–Trinajstić information content (AvgIpc) is 3.46. The Hall–Kier alpha value is -6.13. The first-order valence-corrected chi connectivity index (χ1v) is 30.2. The van der Waals surface area contributed by atoms with Gasteiger partial charge in [0.15, 0.2) is 0 Å². The van der Waals surface area contributed by atoms with E-state index in [9.17, 15) is 38.4 Å². The molecule has 1 fully saturated rings. The lowest BCUT2D eigenvalue weighted by Gasteiger charge is -2.35. The van der Waals surface area contributed by atoms with Crippen molar-refractivity contribution in [2.75, 3.05) is 113 Å². The predicted octanol–water partition coefficient (Wildman–Crippen LogP) is 4.37. The molecular weight excluding hydrogens is 1030 g/mol. The van der Waals surface area contributed by atoms with Crippen molar-refractivity contribution in [2.45, 2.75) is 183 Å². The zero-order valence-electron chi connectivity index (χ0n) is 50.6. The molecule has 23 nitrogen and oxygen atoms in total. The number of amides is 8. The summed E-state index contributed by atoms with van der Waals surface area (Å²) >= 11 is 0. The number of unbranched alkanes of at least 4 members (excludes halogenated alkanes) is 6. The summed E-state index contributed by atoms with van der Waals surface area (Å²) in [6.45, 7) is 20.6. The van der Waals surface area contributed by atoms with Gasteiger partial charge in [0.25, 0.3) is 0 Å². The van der Waals surface area contributed by atoms with E-state index >= 15 is 0 Å². The summed E-state index contributed by atoms with van der Waals surface area (Å²) in [5.74, 6) is -0.113. The van der Waals surface area contributed by atoms with Gasteiger partial charge >= 0.3 is 0 Å². The Bertz CT molecular complexity index is 2050. The monoisotopic (exact) mass is 1140 g/mol. The number of aromatic nitrogens is 3. The molecule has 2 heterocycles. The van der Waals surface area contributed by atoms with Crippen LogP contribution in [-0.4, -0.2) is 165 Å². The first-order chi connectivity index (χ1) is 38.7. The average molecular weight is 1140 g/mol. The Balaban J connectivity index is 2.08. The van der Waals surface area contributed by atoms with Crippen LogP contribution in [0.5, 0.6) is 0 Å². The van der Waals surface area contributed by atoms with E-state index in [4.69, 9.17) is 20.7 Å². The maximum atomic E-state index is 13.4. The van der Waals surface area contributed by atoms with Gasteiger partial charge in [-0.05, 0) is 81.2 Å². The lowest BCUT2D eigenvalue weighted by molar-refractivity contribution is -0.132. The summed E-state index contributed by atoms with van der Waals surface area (Å²) in [6, 6.07) is 0. The van der Waals surface area contributed by atoms with Crippen LogP contribution in [0.25, 0.3) is 0 Å². The molecule has 8 amide bonds. The maximum absolute atomic E-state index is 13.4. The predicted molar refractivity (Wildman–Crippen MR) is 320 cm³/mol. The van der Waals surface area contributed by atoms with Crippen LogP contribution in [-0.2, 0) is 38.4 Å². The topological polar surface area (TPSA) is 307 Å². The molecule has 10 N–H and O–H groups in total. The Morgan fingerprint density at radius 1 is 0.506 bits per heavy atom. The fourth-order valence-electron chi connectivity index (χ4n) is 8.35. The molecule has 1 aromatic heterocycles. The zero-order valence-corrected chi connectivity index (χ0v) is 50.6. The highest BCUT2D eigenvalue weighted by Crippen LogP contribution is 2.23. The highest BCUT2D eigenvalue weighted by molar-refractivity contribution is 5.87. The molecule has 23 heteroatoms. The molecule has 0 radical (unpaired) electrons. The number of nitrogens with one attached hydrogen (secondary N) is 8. The second kappa shape index (κ2) is 41.8. The molecule has 0 aliphatic carbocycles. The summed E-state index contributed by atoms with van der Waals surface area (Å²) in [4.78, 5) is 121. The molecule has 0 atom stereocenters. The van der Waals surface area contributed by atoms with Gasteiger partial charge < -0.3 is 63.0 Å².